The Bertz CT molecular complexity index is 508. The van der Waals surface area contributed by atoms with E-state index >= 15 is 0 Å². The molecule has 1 aliphatic rings. The van der Waals surface area contributed by atoms with Gasteiger partial charge in [0.05, 0.1) is 9.40 Å². The topological polar surface area (TPSA) is 96.6 Å². The van der Waals surface area contributed by atoms with Gasteiger partial charge in [0.2, 0.25) is 5.91 Å². The summed E-state index contributed by atoms with van der Waals surface area (Å²) in [6.07, 6.45) is 2.71. The number of pyridine rings is 1. The maximum Gasteiger partial charge on any atom is 0.312 e. The molecule has 1 aliphatic heterocycles. The van der Waals surface area contributed by atoms with Gasteiger partial charge in [0.15, 0.2) is 0 Å². The zero-order chi connectivity index (χ0) is 13.3. The number of carbonyl (C=O) groups excluding carboxylic acids is 1. The summed E-state index contributed by atoms with van der Waals surface area (Å²) >= 11 is 3.17. The number of rotatable bonds is 3. The largest absolute Gasteiger partial charge is 0.396 e. The summed E-state index contributed by atoms with van der Waals surface area (Å²) in [4.78, 5) is 27.2. The fourth-order valence-electron chi connectivity index (χ4n) is 1.94. The Kier molecular flexibility index (Phi) is 3.58. The Morgan fingerprint density at radius 2 is 2.33 bits per heavy atom. The van der Waals surface area contributed by atoms with Gasteiger partial charge < -0.3 is 10.0 Å². The third-order valence-corrected chi connectivity index (χ3v) is 3.36. The van der Waals surface area contributed by atoms with Crippen molar-refractivity contribution in [3.8, 4) is 0 Å². The van der Waals surface area contributed by atoms with Crippen LogP contribution < -0.4 is 4.90 Å². The van der Waals surface area contributed by atoms with Crippen molar-refractivity contribution in [3.05, 3.63) is 27.0 Å². The van der Waals surface area contributed by atoms with Crippen LogP contribution >= 0.6 is 15.9 Å². The van der Waals surface area contributed by atoms with Gasteiger partial charge in [0.25, 0.3) is 0 Å². The highest BCUT2D eigenvalue weighted by molar-refractivity contribution is 9.10. The highest BCUT2D eigenvalue weighted by atomic mass is 79.9. The molecule has 1 atom stereocenters. The second kappa shape index (κ2) is 4.99. The average Bonchev–Trinajstić information content (AvgIpc) is 2.70. The normalized spacial score (nSPS) is 19.3. The van der Waals surface area contributed by atoms with Crippen LogP contribution in [0.3, 0.4) is 0 Å². The Balaban J connectivity index is 2.45. The summed E-state index contributed by atoms with van der Waals surface area (Å²) in [6, 6.07) is 0. The second-order valence-corrected chi connectivity index (χ2v) is 4.86. The van der Waals surface area contributed by atoms with Gasteiger partial charge in [-0.2, -0.15) is 0 Å². The first-order valence-corrected chi connectivity index (χ1v) is 6.03. The number of hydrogen-bond donors (Lipinski definition) is 1. The lowest BCUT2D eigenvalue weighted by atomic mass is 10.1. The fraction of sp³-hybridized carbons (Fsp3) is 0.400. The first-order valence-electron chi connectivity index (χ1n) is 5.23. The van der Waals surface area contributed by atoms with Gasteiger partial charge in [-0.1, -0.05) is 0 Å². The molecule has 8 heteroatoms. The predicted molar refractivity (Wildman–Crippen MR) is 66.1 cm³/mol. The minimum atomic E-state index is -0.577. The maximum atomic E-state index is 11.8. The van der Waals surface area contributed by atoms with Gasteiger partial charge >= 0.3 is 5.69 Å². The number of aromatic nitrogens is 1. The molecule has 0 radical (unpaired) electrons. The van der Waals surface area contributed by atoms with Crippen molar-refractivity contribution < 1.29 is 14.8 Å². The van der Waals surface area contributed by atoms with E-state index in [4.69, 9.17) is 5.11 Å². The van der Waals surface area contributed by atoms with Crippen molar-refractivity contribution in [2.24, 2.45) is 5.92 Å². The van der Waals surface area contributed by atoms with E-state index in [0.29, 0.717) is 4.47 Å². The smallest absolute Gasteiger partial charge is 0.312 e. The third-order valence-electron chi connectivity index (χ3n) is 2.78. The number of nitrogens with zero attached hydrogens (tertiary/aromatic N) is 3. The van der Waals surface area contributed by atoms with Gasteiger partial charge in [-0.25, -0.2) is 0 Å². The number of hydrogen-bond acceptors (Lipinski definition) is 5. The van der Waals surface area contributed by atoms with Crippen molar-refractivity contribution >= 4 is 33.2 Å². The maximum absolute atomic E-state index is 11.8. The fourth-order valence-corrected chi connectivity index (χ4v) is 2.47. The zero-order valence-electron chi connectivity index (χ0n) is 9.24. The van der Waals surface area contributed by atoms with E-state index < -0.39 is 4.92 Å². The molecule has 1 saturated heterocycles. The van der Waals surface area contributed by atoms with Crippen molar-refractivity contribution in [3.63, 3.8) is 0 Å². The molecule has 1 aromatic rings. The lowest BCUT2D eigenvalue weighted by Gasteiger charge is -2.17. The molecule has 0 saturated carbocycles. The van der Waals surface area contributed by atoms with Crippen LogP contribution in [-0.4, -0.2) is 34.1 Å². The third kappa shape index (κ3) is 2.21. The molecule has 18 heavy (non-hydrogen) atoms. The molecule has 2 rings (SSSR count). The molecule has 2 heterocycles. The molecule has 0 aliphatic carbocycles. The van der Waals surface area contributed by atoms with Crippen LogP contribution in [0.4, 0.5) is 11.4 Å². The first-order chi connectivity index (χ1) is 8.54. The van der Waals surface area contributed by atoms with E-state index in [1.54, 1.807) is 0 Å². The molecule has 1 unspecified atom stereocenters. The van der Waals surface area contributed by atoms with Crippen molar-refractivity contribution in [1.82, 2.24) is 4.98 Å². The monoisotopic (exact) mass is 315 g/mol. The Labute approximate surface area is 111 Å². The van der Waals surface area contributed by atoms with E-state index in [0.717, 1.165) is 6.20 Å². The molecular formula is C10H10BrN3O4. The molecule has 1 aromatic heterocycles. The summed E-state index contributed by atoms with van der Waals surface area (Å²) in [7, 11) is 0. The van der Waals surface area contributed by atoms with E-state index in [9.17, 15) is 14.9 Å². The first kappa shape index (κ1) is 12.9. The minimum Gasteiger partial charge on any atom is -0.396 e. The van der Waals surface area contributed by atoms with E-state index in [2.05, 4.69) is 20.9 Å². The van der Waals surface area contributed by atoms with Gasteiger partial charge in [-0.3, -0.25) is 19.9 Å². The molecule has 1 amide bonds. The van der Waals surface area contributed by atoms with Crippen LogP contribution in [0.1, 0.15) is 6.42 Å². The van der Waals surface area contributed by atoms with Crippen LogP contribution in [0.2, 0.25) is 0 Å². The van der Waals surface area contributed by atoms with Crippen LogP contribution in [0.15, 0.2) is 16.9 Å². The van der Waals surface area contributed by atoms with Crippen molar-refractivity contribution in [2.45, 2.75) is 6.42 Å². The summed E-state index contributed by atoms with van der Waals surface area (Å²) in [6.45, 7) is 0.164. The van der Waals surface area contributed by atoms with Gasteiger partial charge in [-0.15, -0.1) is 0 Å². The summed E-state index contributed by atoms with van der Waals surface area (Å²) in [5.41, 5.74) is -0.0211. The second-order valence-electron chi connectivity index (χ2n) is 4.00. The number of nitro groups is 1. The van der Waals surface area contributed by atoms with E-state index in [1.165, 1.54) is 11.1 Å². The van der Waals surface area contributed by atoms with Crippen LogP contribution in [-0.2, 0) is 4.79 Å². The van der Waals surface area contributed by atoms with Crippen molar-refractivity contribution in [2.75, 3.05) is 18.1 Å². The Morgan fingerprint density at radius 3 is 2.89 bits per heavy atom. The number of anilines is 1. The molecule has 96 valence electrons. The van der Waals surface area contributed by atoms with Gasteiger partial charge in [-0.05, 0) is 15.9 Å². The lowest BCUT2D eigenvalue weighted by Crippen LogP contribution is -2.26. The highest BCUT2D eigenvalue weighted by Gasteiger charge is 2.35. The minimum absolute atomic E-state index is 0.112. The average molecular weight is 316 g/mol. The molecule has 1 fully saturated rings. The number of carbonyl (C=O) groups is 1. The molecule has 0 spiro atoms. The van der Waals surface area contributed by atoms with E-state index in [-0.39, 0.29) is 42.8 Å². The Morgan fingerprint density at radius 1 is 1.61 bits per heavy atom. The zero-order valence-corrected chi connectivity index (χ0v) is 10.8. The summed E-state index contributed by atoms with van der Waals surface area (Å²) in [5.74, 6) is -0.416. The quantitative estimate of drug-likeness (QED) is 0.665. The number of aliphatic hydroxyl groups excluding tert-OH is 1. The highest BCUT2D eigenvalue weighted by Crippen LogP contribution is 2.37. The molecule has 0 aromatic carbocycles. The lowest BCUT2D eigenvalue weighted by molar-refractivity contribution is -0.384. The molecule has 1 N–H and O–H groups in total. The van der Waals surface area contributed by atoms with Gasteiger partial charge in [0.1, 0.15) is 11.9 Å². The number of aliphatic hydroxyl groups is 1. The molecule has 7 nitrogen and oxygen atoms in total. The number of amides is 1. The van der Waals surface area contributed by atoms with E-state index in [1.807, 2.05) is 0 Å². The Hall–Kier alpha value is -1.54. The van der Waals surface area contributed by atoms with Crippen molar-refractivity contribution in [1.29, 1.82) is 0 Å². The number of halogens is 1. The van der Waals surface area contributed by atoms with Gasteiger partial charge in [0, 0.05) is 31.7 Å². The predicted octanol–water partition coefficient (Wildman–Crippen LogP) is 1.10. The molecule has 0 bridgehead atoms. The summed E-state index contributed by atoms with van der Waals surface area (Å²) < 4.78 is 0.392. The molecular weight excluding hydrogens is 306 g/mol. The summed E-state index contributed by atoms with van der Waals surface area (Å²) in [5, 5.41) is 20.0. The standard InChI is InChI=1S/C10H10BrN3O4/c11-7-2-12-3-8(14(17)18)10(7)13-4-6(5-15)1-9(13)16/h2-3,6,15H,1,4-5H2. The SMILES string of the molecule is O=C1CC(CO)CN1c1c(Br)cncc1[N+](=O)[O-]. The van der Waals surface area contributed by atoms with Crippen LogP contribution in [0.25, 0.3) is 0 Å². The van der Waals surface area contributed by atoms with Crippen LogP contribution in [0, 0.1) is 16.0 Å². The van der Waals surface area contributed by atoms with Crippen LogP contribution in [0.5, 0.6) is 0 Å².